The van der Waals surface area contributed by atoms with Gasteiger partial charge in [-0.1, -0.05) is 69.1 Å². The van der Waals surface area contributed by atoms with Crippen molar-refractivity contribution in [2.45, 2.75) is 12.8 Å². The van der Waals surface area contributed by atoms with Crippen molar-refractivity contribution < 1.29 is 32.6 Å². The van der Waals surface area contributed by atoms with Crippen LogP contribution in [0, 0.1) is 20.2 Å². The molecular weight excluding hydrogens is 635 g/mol. The van der Waals surface area contributed by atoms with Crippen LogP contribution >= 0.6 is 27.5 Å². The summed E-state index contributed by atoms with van der Waals surface area (Å²) in [5.74, 6) is -0.852. The zero-order chi connectivity index (χ0) is 29.7. The van der Waals surface area contributed by atoms with Crippen LogP contribution in [-0.2, 0) is 17.6 Å². The highest BCUT2D eigenvalue weighted by Crippen LogP contribution is 2.46. The number of halogens is 5. The lowest BCUT2D eigenvalue weighted by atomic mass is 9.98. The highest BCUT2D eigenvalue weighted by Gasteiger charge is 2.36. The standard InChI is InChI=1S/C27H16BrClF3N3O6/c28-19-9-10-25(18(11-19)14-33-40-15-16-5-1-4-8-22(16)29)41-26-23(34(36)37)12-17(13-24(26)35(38)39)20-6-2-3-7-21(20)27(30,31)32/h1-14H,15H2. The summed E-state index contributed by atoms with van der Waals surface area (Å²) in [5, 5.41) is 28.3. The quantitative estimate of drug-likeness (QED) is 0.101. The Morgan fingerprint density at radius 3 is 2.20 bits per heavy atom. The third-order valence-electron chi connectivity index (χ3n) is 5.61. The molecule has 0 aliphatic rings. The molecule has 0 spiro atoms. The van der Waals surface area contributed by atoms with Gasteiger partial charge in [-0.25, -0.2) is 0 Å². The number of nitrogens with zero attached hydrogens (tertiary/aromatic N) is 3. The first-order valence-electron chi connectivity index (χ1n) is 11.4. The average Bonchev–Trinajstić information content (AvgIpc) is 2.92. The molecule has 0 aliphatic carbocycles. The van der Waals surface area contributed by atoms with Gasteiger partial charge in [0, 0.05) is 32.8 Å². The highest BCUT2D eigenvalue weighted by atomic mass is 79.9. The fourth-order valence-corrected chi connectivity index (χ4v) is 4.32. The van der Waals surface area contributed by atoms with Crippen LogP contribution in [0.15, 0.2) is 88.5 Å². The molecule has 0 saturated heterocycles. The van der Waals surface area contributed by atoms with Crippen molar-refractivity contribution in [3.05, 3.63) is 125 Å². The minimum absolute atomic E-state index is 0.0260. The van der Waals surface area contributed by atoms with Gasteiger partial charge in [0.15, 0.2) is 0 Å². The van der Waals surface area contributed by atoms with E-state index in [2.05, 4.69) is 21.1 Å². The maximum absolute atomic E-state index is 13.6. The van der Waals surface area contributed by atoms with Gasteiger partial charge in [0.05, 0.1) is 21.6 Å². The van der Waals surface area contributed by atoms with Crippen LogP contribution in [0.3, 0.4) is 0 Å². The van der Waals surface area contributed by atoms with E-state index in [4.69, 9.17) is 21.2 Å². The Hall–Kier alpha value is -4.49. The molecule has 0 amide bonds. The summed E-state index contributed by atoms with van der Waals surface area (Å²) in [4.78, 5) is 27.3. The van der Waals surface area contributed by atoms with Crippen LogP contribution in [0.1, 0.15) is 16.7 Å². The van der Waals surface area contributed by atoms with Crippen LogP contribution in [0.5, 0.6) is 11.5 Å². The second-order valence-electron chi connectivity index (χ2n) is 8.28. The van der Waals surface area contributed by atoms with Crippen LogP contribution in [0.25, 0.3) is 11.1 Å². The summed E-state index contributed by atoms with van der Waals surface area (Å²) >= 11 is 9.38. The van der Waals surface area contributed by atoms with Crippen LogP contribution in [-0.4, -0.2) is 16.1 Å². The topological polar surface area (TPSA) is 117 Å². The molecule has 0 bridgehead atoms. The van der Waals surface area contributed by atoms with Crippen molar-refractivity contribution in [1.82, 2.24) is 0 Å². The monoisotopic (exact) mass is 649 g/mol. The predicted molar refractivity (Wildman–Crippen MR) is 148 cm³/mol. The third kappa shape index (κ3) is 6.99. The second kappa shape index (κ2) is 12.4. The summed E-state index contributed by atoms with van der Waals surface area (Å²) in [7, 11) is 0. The van der Waals surface area contributed by atoms with Gasteiger partial charge in [-0.15, -0.1) is 0 Å². The number of benzene rings is 4. The molecule has 0 radical (unpaired) electrons. The molecule has 4 aromatic rings. The van der Waals surface area contributed by atoms with E-state index in [0.717, 1.165) is 30.3 Å². The number of nitro groups is 2. The summed E-state index contributed by atoms with van der Waals surface area (Å²) in [6.45, 7) is 0.0260. The fourth-order valence-electron chi connectivity index (χ4n) is 3.75. The minimum Gasteiger partial charge on any atom is -0.443 e. The molecule has 0 atom stereocenters. The number of nitro benzene ring substituents is 2. The van der Waals surface area contributed by atoms with Crippen molar-refractivity contribution in [3.63, 3.8) is 0 Å². The number of oxime groups is 1. The van der Waals surface area contributed by atoms with E-state index in [1.165, 1.54) is 30.5 Å². The molecular formula is C27H16BrClF3N3O6. The lowest BCUT2D eigenvalue weighted by molar-refractivity contribution is -0.395. The first-order valence-corrected chi connectivity index (χ1v) is 12.6. The Bertz CT molecular complexity index is 1630. The predicted octanol–water partition coefficient (Wildman–Crippen LogP) is 8.95. The van der Waals surface area contributed by atoms with E-state index in [0.29, 0.717) is 15.1 Å². The number of ether oxygens (including phenoxy) is 1. The largest absolute Gasteiger partial charge is 0.443 e. The Morgan fingerprint density at radius 1 is 0.927 bits per heavy atom. The van der Waals surface area contributed by atoms with Crippen LogP contribution < -0.4 is 4.74 Å². The van der Waals surface area contributed by atoms with Gasteiger partial charge in [0.2, 0.25) is 0 Å². The zero-order valence-corrected chi connectivity index (χ0v) is 22.8. The Balaban J connectivity index is 1.75. The molecule has 0 heterocycles. The fraction of sp³-hybridized carbons (Fsp3) is 0.0741. The normalized spacial score (nSPS) is 11.4. The lowest BCUT2D eigenvalue weighted by Crippen LogP contribution is -2.07. The highest BCUT2D eigenvalue weighted by molar-refractivity contribution is 9.10. The Kier molecular flexibility index (Phi) is 8.89. The van der Waals surface area contributed by atoms with Crippen molar-refractivity contribution in [2.24, 2.45) is 5.16 Å². The first kappa shape index (κ1) is 29.5. The van der Waals surface area contributed by atoms with E-state index in [9.17, 15) is 33.4 Å². The Labute approximate surface area is 243 Å². The van der Waals surface area contributed by atoms with Crippen molar-refractivity contribution in [3.8, 4) is 22.6 Å². The molecule has 0 aliphatic heterocycles. The van der Waals surface area contributed by atoms with E-state index >= 15 is 0 Å². The van der Waals surface area contributed by atoms with Gasteiger partial charge in [0.25, 0.3) is 5.75 Å². The maximum Gasteiger partial charge on any atom is 0.417 e. The van der Waals surface area contributed by atoms with Gasteiger partial charge < -0.3 is 9.57 Å². The SMILES string of the molecule is O=[N+]([O-])c1cc(-c2ccccc2C(F)(F)F)cc([N+](=O)[O-])c1Oc1ccc(Br)cc1C=NOCc1ccccc1Cl. The molecule has 0 aromatic heterocycles. The number of rotatable bonds is 9. The van der Waals surface area contributed by atoms with Gasteiger partial charge in [-0.05, 0) is 41.5 Å². The van der Waals surface area contributed by atoms with Crippen LogP contribution in [0.4, 0.5) is 24.5 Å². The third-order valence-corrected chi connectivity index (χ3v) is 6.48. The lowest BCUT2D eigenvalue weighted by Gasteiger charge is -2.14. The van der Waals surface area contributed by atoms with E-state index in [1.54, 1.807) is 24.3 Å². The van der Waals surface area contributed by atoms with Crippen molar-refractivity contribution in [1.29, 1.82) is 0 Å². The summed E-state index contributed by atoms with van der Waals surface area (Å²) in [6, 6.07) is 17.2. The van der Waals surface area contributed by atoms with E-state index < -0.39 is 44.3 Å². The molecule has 4 aromatic carbocycles. The number of hydrogen-bond donors (Lipinski definition) is 0. The molecule has 0 fully saturated rings. The van der Waals surface area contributed by atoms with Crippen LogP contribution in [0.2, 0.25) is 5.02 Å². The van der Waals surface area contributed by atoms with E-state index in [-0.39, 0.29) is 23.5 Å². The minimum atomic E-state index is -4.81. The number of hydrogen-bond acceptors (Lipinski definition) is 7. The van der Waals surface area contributed by atoms with Crippen molar-refractivity contribution in [2.75, 3.05) is 0 Å². The van der Waals surface area contributed by atoms with Gasteiger partial charge in [0.1, 0.15) is 12.4 Å². The summed E-state index contributed by atoms with van der Waals surface area (Å²) in [6.07, 6.45) is -3.59. The average molecular weight is 651 g/mol. The Morgan fingerprint density at radius 2 is 1.56 bits per heavy atom. The molecule has 0 unspecified atom stereocenters. The molecule has 4 rings (SSSR count). The molecule has 0 saturated carbocycles. The molecule has 14 heteroatoms. The van der Waals surface area contributed by atoms with Gasteiger partial charge in [-0.2, -0.15) is 13.2 Å². The number of alkyl halides is 3. The maximum atomic E-state index is 13.6. The van der Waals surface area contributed by atoms with Gasteiger partial charge in [-0.3, -0.25) is 20.2 Å². The smallest absolute Gasteiger partial charge is 0.417 e. The molecule has 0 N–H and O–H groups in total. The molecule has 9 nitrogen and oxygen atoms in total. The second-order valence-corrected chi connectivity index (χ2v) is 9.61. The van der Waals surface area contributed by atoms with Crippen molar-refractivity contribution >= 4 is 45.1 Å². The van der Waals surface area contributed by atoms with Gasteiger partial charge >= 0.3 is 17.6 Å². The van der Waals surface area contributed by atoms with E-state index in [1.807, 2.05) is 0 Å². The summed E-state index contributed by atoms with van der Waals surface area (Å²) in [5.41, 5.74) is -2.90. The first-order chi connectivity index (χ1) is 19.5. The molecule has 210 valence electrons. The molecule has 41 heavy (non-hydrogen) atoms. The zero-order valence-electron chi connectivity index (χ0n) is 20.5. The summed E-state index contributed by atoms with van der Waals surface area (Å²) < 4.78 is 47.1.